The quantitative estimate of drug-likeness (QED) is 0.622. The molecule has 180 valence electrons. The van der Waals surface area contributed by atoms with Gasteiger partial charge in [0.05, 0.1) is 5.92 Å². The Bertz CT molecular complexity index is 1030. The summed E-state index contributed by atoms with van der Waals surface area (Å²) in [6.45, 7) is 2.90. The number of nitrogens with one attached hydrogen (secondary N) is 1. The number of rotatable bonds is 8. The third-order valence-electron chi connectivity index (χ3n) is 6.80. The van der Waals surface area contributed by atoms with Crippen molar-refractivity contribution in [2.45, 2.75) is 18.9 Å². The Labute approximate surface area is 199 Å². The van der Waals surface area contributed by atoms with E-state index in [0.29, 0.717) is 19.6 Å². The zero-order chi connectivity index (χ0) is 24.4. The summed E-state index contributed by atoms with van der Waals surface area (Å²) in [6.07, 6.45) is -0.641. The first-order chi connectivity index (χ1) is 16.3. The summed E-state index contributed by atoms with van der Waals surface area (Å²) in [5, 5.41) is 11.9. The van der Waals surface area contributed by atoms with Crippen molar-refractivity contribution in [3.05, 3.63) is 59.7 Å². The van der Waals surface area contributed by atoms with Crippen LogP contribution in [0.15, 0.2) is 48.5 Å². The lowest BCUT2D eigenvalue weighted by Crippen LogP contribution is -2.60. The molecule has 2 unspecified atom stereocenters. The molecule has 0 radical (unpaired) electrons. The van der Waals surface area contributed by atoms with Gasteiger partial charge in [0.2, 0.25) is 5.91 Å². The molecule has 1 aliphatic heterocycles. The molecule has 2 amide bonds. The highest BCUT2D eigenvalue weighted by Gasteiger charge is 2.40. The smallest absolute Gasteiger partial charge is 0.407 e. The molecule has 2 aliphatic rings. The second-order valence-corrected chi connectivity index (χ2v) is 9.41. The Kier molecular flexibility index (Phi) is 6.88. The van der Waals surface area contributed by atoms with Gasteiger partial charge in [0, 0.05) is 31.5 Å². The maximum absolute atomic E-state index is 13.0. The van der Waals surface area contributed by atoms with Crippen molar-refractivity contribution >= 4 is 18.0 Å². The Balaban J connectivity index is 1.38. The molecule has 0 spiro atoms. The molecule has 1 saturated heterocycles. The number of carboxylic acid groups (broad SMARTS) is 1. The van der Waals surface area contributed by atoms with E-state index < -0.39 is 24.0 Å². The maximum atomic E-state index is 13.0. The van der Waals surface area contributed by atoms with Gasteiger partial charge in [0.25, 0.3) is 0 Å². The Morgan fingerprint density at radius 1 is 1.06 bits per heavy atom. The van der Waals surface area contributed by atoms with Gasteiger partial charge in [0.15, 0.2) is 0 Å². The Hall–Kier alpha value is -3.39. The average Bonchev–Trinajstić information content (AvgIpc) is 3.09. The van der Waals surface area contributed by atoms with Crippen molar-refractivity contribution in [3.63, 3.8) is 0 Å². The number of carboxylic acids is 1. The van der Waals surface area contributed by atoms with Crippen LogP contribution >= 0.6 is 0 Å². The number of alkyl carbamates (subject to hydrolysis) is 1. The number of nitrogens with zero attached hydrogens (tertiary/aromatic N) is 2. The van der Waals surface area contributed by atoms with Crippen LogP contribution in [0.3, 0.4) is 0 Å². The molecule has 2 aromatic rings. The topological polar surface area (TPSA) is 99.2 Å². The fourth-order valence-corrected chi connectivity index (χ4v) is 4.76. The average molecular weight is 466 g/mol. The molecule has 0 bridgehead atoms. The summed E-state index contributed by atoms with van der Waals surface area (Å²) in [5.41, 5.74) is 4.54. The van der Waals surface area contributed by atoms with Crippen LogP contribution in [0.1, 0.15) is 24.0 Å². The standard InChI is InChI=1S/C26H31N3O5/c1-16(25(31)32)17-12-29(13-17)24(30)23(14-28(2)3)27-26(33)34-15-22-20-10-6-4-8-18(20)19-9-5-7-11-21(19)22/h4-11,16-17,22-23H,12-15H2,1-3H3,(H,27,33)(H,31,32). The monoisotopic (exact) mass is 465 g/mol. The number of likely N-dealkylation sites (N-methyl/N-ethyl adjacent to an activating group) is 1. The number of benzene rings is 2. The van der Waals surface area contributed by atoms with E-state index in [9.17, 15) is 19.5 Å². The van der Waals surface area contributed by atoms with Crippen LogP contribution in [0.5, 0.6) is 0 Å². The van der Waals surface area contributed by atoms with Crippen molar-refractivity contribution in [3.8, 4) is 11.1 Å². The van der Waals surface area contributed by atoms with E-state index in [0.717, 1.165) is 22.3 Å². The maximum Gasteiger partial charge on any atom is 0.407 e. The zero-order valence-electron chi connectivity index (χ0n) is 19.7. The number of fused-ring (bicyclic) bond motifs is 3. The first-order valence-corrected chi connectivity index (χ1v) is 11.5. The van der Waals surface area contributed by atoms with Crippen LogP contribution in [0.25, 0.3) is 11.1 Å². The number of carbonyl (C=O) groups excluding carboxylic acids is 2. The highest BCUT2D eigenvalue weighted by atomic mass is 16.5. The van der Waals surface area contributed by atoms with E-state index in [2.05, 4.69) is 29.6 Å². The van der Waals surface area contributed by atoms with Gasteiger partial charge < -0.3 is 25.0 Å². The number of carbonyl (C=O) groups is 3. The van der Waals surface area contributed by atoms with Gasteiger partial charge in [0.1, 0.15) is 12.6 Å². The van der Waals surface area contributed by atoms with E-state index in [1.165, 1.54) is 0 Å². The molecule has 1 aliphatic carbocycles. The molecule has 8 nitrogen and oxygen atoms in total. The van der Waals surface area contributed by atoms with Crippen LogP contribution in [0, 0.1) is 11.8 Å². The fourth-order valence-electron chi connectivity index (χ4n) is 4.76. The van der Waals surface area contributed by atoms with E-state index in [4.69, 9.17) is 4.74 Å². The summed E-state index contributed by atoms with van der Waals surface area (Å²) in [7, 11) is 3.65. The van der Waals surface area contributed by atoms with E-state index in [1.807, 2.05) is 43.3 Å². The molecule has 4 rings (SSSR count). The zero-order valence-corrected chi connectivity index (χ0v) is 19.7. The number of aliphatic carboxylic acids is 1. The third kappa shape index (κ3) is 4.77. The second-order valence-electron chi connectivity index (χ2n) is 9.41. The first-order valence-electron chi connectivity index (χ1n) is 11.5. The first kappa shape index (κ1) is 23.8. The number of hydrogen-bond acceptors (Lipinski definition) is 5. The summed E-state index contributed by atoms with van der Waals surface area (Å²) < 4.78 is 5.61. The molecule has 0 saturated carbocycles. The van der Waals surface area contributed by atoms with Crippen molar-refractivity contribution in [2.24, 2.45) is 11.8 Å². The highest BCUT2D eigenvalue weighted by Crippen LogP contribution is 2.44. The van der Waals surface area contributed by atoms with Crippen LogP contribution in [-0.2, 0) is 14.3 Å². The van der Waals surface area contributed by atoms with E-state index in [-0.39, 0.29) is 24.3 Å². The minimum atomic E-state index is -0.862. The van der Waals surface area contributed by atoms with Crippen LogP contribution in [-0.4, -0.2) is 79.3 Å². The molecular formula is C26H31N3O5. The molecule has 1 fully saturated rings. The molecule has 2 N–H and O–H groups in total. The summed E-state index contributed by atoms with van der Waals surface area (Å²) in [5.74, 6) is -1.73. The van der Waals surface area contributed by atoms with Gasteiger partial charge in [-0.05, 0) is 36.3 Å². The lowest BCUT2D eigenvalue weighted by molar-refractivity contribution is -0.151. The lowest BCUT2D eigenvalue weighted by atomic mass is 9.86. The summed E-state index contributed by atoms with van der Waals surface area (Å²) in [4.78, 5) is 40.3. The summed E-state index contributed by atoms with van der Waals surface area (Å²) >= 11 is 0. The van der Waals surface area contributed by atoms with E-state index in [1.54, 1.807) is 11.8 Å². The van der Waals surface area contributed by atoms with Gasteiger partial charge in [-0.2, -0.15) is 0 Å². The highest BCUT2D eigenvalue weighted by molar-refractivity contribution is 5.87. The molecule has 2 atom stereocenters. The van der Waals surface area contributed by atoms with Gasteiger partial charge >= 0.3 is 12.1 Å². The second kappa shape index (κ2) is 9.85. The lowest BCUT2D eigenvalue weighted by Gasteiger charge is -2.43. The van der Waals surface area contributed by atoms with Crippen LogP contribution < -0.4 is 5.32 Å². The van der Waals surface area contributed by atoms with Crippen molar-refractivity contribution in [1.29, 1.82) is 0 Å². The van der Waals surface area contributed by atoms with Crippen LogP contribution in [0.4, 0.5) is 4.79 Å². The Morgan fingerprint density at radius 3 is 2.15 bits per heavy atom. The molecule has 34 heavy (non-hydrogen) atoms. The van der Waals surface area contributed by atoms with Gasteiger partial charge in [-0.1, -0.05) is 55.5 Å². The minimum absolute atomic E-state index is 0.0604. The number of ether oxygens (including phenoxy) is 1. The molecular weight excluding hydrogens is 434 g/mol. The molecule has 0 aromatic heterocycles. The van der Waals surface area contributed by atoms with Gasteiger partial charge in [-0.3, -0.25) is 9.59 Å². The van der Waals surface area contributed by atoms with Crippen LogP contribution in [0.2, 0.25) is 0 Å². The predicted molar refractivity (Wildman–Crippen MR) is 127 cm³/mol. The largest absolute Gasteiger partial charge is 0.481 e. The molecule has 1 heterocycles. The Morgan fingerprint density at radius 2 is 1.62 bits per heavy atom. The number of hydrogen-bond donors (Lipinski definition) is 2. The number of amides is 2. The minimum Gasteiger partial charge on any atom is -0.481 e. The SMILES string of the molecule is CC(C(=O)O)C1CN(C(=O)C(CN(C)C)NC(=O)OCC2c3ccccc3-c3ccccc32)C1. The molecule has 2 aromatic carbocycles. The van der Waals surface area contributed by atoms with Crippen molar-refractivity contribution in [2.75, 3.05) is 40.3 Å². The van der Waals surface area contributed by atoms with Crippen molar-refractivity contribution in [1.82, 2.24) is 15.1 Å². The predicted octanol–water partition coefficient (Wildman–Crippen LogP) is 2.63. The third-order valence-corrected chi connectivity index (χ3v) is 6.80. The molecule has 8 heteroatoms. The fraction of sp³-hybridized carbons (Fsp3) is 0.423. The number of likely N-dealkylation sites (tertiary alicyclic amines) is 1. The van der Waals surface area contributed by atoms with E-state index >= 15 is 0 Å². The van der Waals surface area contributed by atoms with Gasteiger partial charge in [-0.25, -0.2) is 4.79 Å². The normalized spacial score (nSPS) is 16.9. The summed E-state index contributed by atoms with van der Waals surface area (Å²) in [6, 6.07) is 15.4. The van der Waals surface area contributed by atoms with Gasteiger partial charge in [-0.15, -0.1) is 0 Å². The van der Waals surface area contributed by atoms with Crippen molar-refractivity contribution < 1.29 is 24.2 Å².